The van der Waals surface area contributed by atoms with Gasteiger partial charge in [-0.15, -0.1) is 31.4 Å². The van der Waals surface area contributed by atoms with Crippen LogP contribution in [0.15, 0.2) is 54.6 Å². The van der Waals surface area contributed by atoms with Crippen LogP contribution in [0.4, 0.5) is 0 Å². The van der Waals surface area contributed by atoms with Crippen molar-refractivity contribution in [1.29, 1.82) is 0 Å². The molecule has 3 aliphatic carbocycles. The lowest BCUT2D eigenvalue weighted by Crippen LogP contribution is -2.66. The molecule has 8 rings (SSSR count). The number of phenolic OH excluding ortho intramolecular Hbond substituents is 2. The van der Waals surface area contributed by atoms with Crippen LogP contribution in [0.25, 0.3) is 0 Å². The van der Waals surface area contributed by atoms with Crippen LogP contribution in [0, 0.1) is 11.8 Å². The second-order valence-electron chi connectivity index (χ2n) is 14.7. The molecule has 3 fully saturated rings. The van der Waals surface area contributed by atoms with Gasteiger partial charge in [0.25, 0.3) is 0 Å². The Bertz CT molecular complexity index is 1540. The number of aromatic hydroxyl groups is 2. The Kier molecular flexibility index (Phi) is 9.71. The zero-order valence-electron chi connectivity index (χ0n) is 27.6. The summed E-state index contributed by atoms with van der Waals surface area (Å²) in [5.41, 5.74) is 6.61. The standard InChI is InChI=1S/C19H21NO3.C19H27NO.2ClH/c1-2-8-20-9-7-19-12-4-6-15(22)18(19)23-17-14(21)5-3-11(16(17)19)10-13(12)20;1-13(2)7-9-20-10-8-19(4)14(3)18(20)11-15-5-6-16(21)12-17(15)19;;/h2-3,5,12-13,18,21H,1,4,6-10H2;5-7,12,14,18,21H,8-11H2,1-4H3;2*1H/t12-,13+,18-,19-;14-,18+,19+;;/m01../s1. The summed E-state index contributed by atoms with van der Waals surface area (Å²) < 4.78 is 6.08. The fourth-order valence-electron chi connectivity index (χ4n) is 10.0. The molecule has 0 amide bonds. The summed E-state index contributed by atoms with van der Waals surface area (Å²) in [6.07, 6.45) is 9.67. The minimum Gasteiger partial charge on any atom is -0.508 e. The van der Waals surface area contributed by atoms with Crippen molar-refractivity contribution in [3.63, 3.8) is 0 Å². The minimum atomic E-state index is -0.392. The molecule has 0 unspecified atom stereocenters. The number of ketones is 1. The van der Waals surface area contributed by atoms with Gasteiger partial charge in [-0.2, -0.15) is 0 Å². The first kappa shape index (κ1) is 34.8. The number of ether oxygens (including phenoxy) is 1. The SMILES string of the molecule is C=CCN1CC[C@]23c4c5ccc(O)c4O[C@H]2C(=O)CC[C@H]3[C@H]1C5.CC(C)=CCN1CC[C@]2(C)c3cc(O)ccc3C[C@H]1[C@H]2C.Cl.Cl. The maximum Gasteiger partial charge on any atom is 0.174 e. The van der Waals surface area contributed by atoms with Gasteiger partial charge in [0.05, 0.1) is 0 Å². The van der Waals surface area contributed by atoms with Crippen LogP contribution in [0.2, 0.25) is 0 Å². The Labute approximate surface area is 286 Å². The summed E-state index contributed by atoms with van der Waals surface area (Å²) in [5.74, 6) is 2.46. The van der Waals surface area contributed by atoms with Crippen molar-refractivity contribution in [3.05, 3.63) is 76.9 Å². The predicted molar refractivity (Wildman–Crippen MR) is 188 cm³/mol. The molecule has 250 valence electrons. The number of halogens is 2. The molecule has 46 heavy (non-hydrogen) atoms. The molecule has 3 aliphatic heterocycles. The lowest BCUT2D eigenvalue weighted by atomic mass is 9.51. The molecule has 0 radical (unpaired) electrons. The lowest BCUT2D eigenvalue weighted by Gasteiger charge is -2.57. The van der Waals surface area contributed by atoms with Crippen LogP contribution in [0.1, 0.15) is 75.6 Å². The van der Waals surface area contributed by atoms with E-state index in [4.69, 9.17) is 4.74 Å². The fourth-order valence-corrected chi connectivity index (χ4v) is 10.0. The molecule has 2 aromatic carbocycles. The zero-order valence-corrected chi connectivity index (χ0v) is 29.3. The van der Waals surface area contributed by atoms with Gasteiger partial charge >= 0.3 is 0 Å². The molecule has 6 aliphatic rings. The molecule has 3 heterocycles. The highest BCUT2D eigenvalue weighted by Crippen LogP contribution is 2.63. The second-order valence-corrected chi connectivity index (χ2v) is 14.7. The monoisotopic (exact) mass is 668 g/mol. The van der Waals surface area contributed by atoms with Crippen LogP contribution in [0.3, 0.4) is 0 Å². The van der Waals surface area contributed by atoms with Gasteiger partial charge in [0, 0.05) is 42.6 Å². The Morgan fingerprint density at radius 1 is 1.02 bits per heavy atom. The number of nitrogens with zero attached hydrogens (tertiary/aromatic N) is 2. The summed E-state index contributed by atoms with van der Waals surface area (Å²) in [4.78, 5) is 17.8. The number of likely N-dealkylation sites (tertiary alicyclic amines) is 2. The number of Topliss-reactive ketones (excluding diaryl/α,β-unsaturated/α-hetero) is 1. The average Bonchev–Trinajstić information content (AvgIpc) is 3.35. The number of carbonyl (C=O) groups excluding carboxylic acids is 1. The minimum absolute atomic E-state index is 0. The molecular formula is C38H50Cl2N2O4. The van der Waals surface area contributed by atoms with Crippen LogP contribution < -0.4 is 4.74 Å². The molecule has 2 N–H and O–H groups in total. The van der Waals surface area contributed by atoms with E-state index in [-0.39, 0.29) is 47.2 Å². The molecule has 0 aromatic heterocycles. The van der Waals surface area contributed by atoms with E-state index in [1.54, 1.807) is 6.07 Å². The number of piperidine rings is 2. The van der Waals surface area contributed by atoms with Gasteiger partial charge in [-0.25, -0.2) is 0 Å². The Morgan fingerprint density at radius 2 is 1.72 bits per heavy atom. The van der Waals surface area contributed by atoms with E-state index in [1.165, 1.54) is 28.7 Å². The quantitative estimate of drug-likeness (QED) is 0.345. The van der Waals surface area contributed by atoms with Crippen molar-refractivity contribution in [2.24, 2.45) is 11.8 Å². The van der Waals surface area contributed by atoms with Crippen molar-refractivity contribution in [2.45, 2.75) is 95.2 Å². The third-order valence-corrected chi connectivity index (χ3v) is 12.4. The Morgan fingerprint density at radius 3 is 2.46 bits per heavy atom. The van der Waals surface area contributed by atoms with Gasteiger partial charge in [-0.05, 0) is 111 Å². The van der Waals surface area contributed by atoms with E-state index in [9.17, 15) is 15.0 Å². The Balaban J connectivity index is 0.000000174. The summed E-state index contributed by atoms with van der Waals surface area (Å²) in [5, 5.41) is 20.1. The normalized spacial score (nSPS) is 33.0. The molecule has 4 bridgehead atoms. The fraction of sp³-hybridized carbons (Fsp3) is 0.553. The van der Waals surface area contributed by atoms with Gasteiger partial charge in [-0.3, -0.25) is 14.6 Å². The van der Waals surface area contributed by atoms with Gasteiger partial charge in [0.15, 0.2) is 23.4 Å². The number of allylic oxidation sites excluding steroid dienone is 1. The molecule has 2 aromatic rings. The number of phenols is 2. The van der Waals surface area contributed by atoms with E-state index < -0.39 is 6.10 Å². The first-order valence-corrected chi connectivity index (χ1v) is 16.7. The van der Waals surface area contributed by atoms with Crippen molar-refractivity contribution in [3.8, 4) is 17.2 Å². The number of hydrogen-bond donors (Lipinski definition) is 2. The molecule has 1 saturated carbocycles. The first-order valence-electron chi connectivity index (χ1n) is 16.7. The third kappa shape index (κ3) is 5.19. The highest BCUT2D eigenvalue weighted by Gasteiger charge is 2.65. The molecule has 8 heteroatoms. The largest absolute Gasteiger partial charge is 0.508 e. The van der Waals surface area contributed by atoms with Crippen LogP contribution in [-0.4, -0.2) is 70.2 Å². The van der Waals surface area contributed by atoms with Crippen molar-refractivity contribution < 1.29 is 19.7 Å². The maximum atomic E-state index is 12.6. The van der Waals surface area contributed by atoms with Gasteiger partial charge in [0.2, 0.25) is 0 Å². The Hall–Kier alpha value is -2.51. The molecule has 1 spiro atoms. The van der Waals surface area contributed by atoms with E-state index in [1.807, 2.05) is 24.3 Å². The number of rotatable bonds is 4. The summed E-state index contributed by atoms with van der Waals surface area (Å²) in [7, 11) is 0. The van der Waals surface area contributed by atoms with Crippen molar-refractivity contribution in [1.82, 2.24) is 9.80 Å². The average molecular weight is 670 g/mol. The van der Waals surface area contributed by atoms with Gasteiger partial charge < -0.3 is 14.9 Å². The van der Waals surface area contributed by atoms with E-state index >= 15 is 0 Å². The zero-order chi connectivity index (χ0) is 31.0. The number of benzene rings is 2. The van der Waals surface area contributed by atoms with E-state index in [2.05, 4.69) is 56.2 Å². The van der Waals surface area contributed by atoms with E-state index in [0.717, 1.165) is 57.4 Å². The number of hydrogen-bond acceptors (Lipinski definition) is 6. The summed E-state index contributed by atoms with van der Waals surface area (Å²) in [6, 6.07) is 10.8. The molecule has 6 nitrogen and oxygen atoms in total. The number of fused-ring (bicyclic) bond motifs is 4. The highest BCUT2D eigenvalue weighted by atomic mass is 35.5. The molecule has 7 atom stereocenters. The third-order valence-electron chi connectivity index (χ3n) is 12.4. The van der Waals surface area contributed by atoms with E-state index in [0.29, 0.717) is 41.8 Å². The molecule has 2 saturated heterocycles. The van der Waals surface area contributed by atoms with Crippen molar-refractivity contribution >= 4 is 30.6 Å². The topological polar surface area (TPSA) is 73.2 Å². The predicted octanol–water partition coefficient (Wildman–Crippen LogP) is 6.91. The molecular weight excluding hydrogens is 619 g/mol. The van der Waals surface area contributed by atoms with Crippen LogP contribution in [0.5, 0.6) is 17.2 Å². The first-order chi connectivity index (χ1) is 21.1. The number of carbonyl (C=O) groups is 1. The van der Waals surface area contributed by atoms with Crippen LogP contribution >= 0.6 is 24.8 Å². The maximum absolute atomic E-state index is 12.6. The second kappa shape index (κ2) is 12.8. The van der Waals surface area contributed by atoms with Gasteiger partial charge in [0.1, 0.15) is 5.75 Å². The van der Waals surface area contributed by atoms with Gasteiger partial charge in [-0.1, -0.05) is 43.7 Å². The smallest absolute Gasteiger partial charge is 0.174 e. The highest BCUT2D eigenvalue weighted by molar-refractivity contribution is 5.89. The summed E-state index contributed by atoms with van der Waals surface area (Å²) >= 11 is 0. The summed E-state index contributed by atoms with van der Waals surface area (Å²) in [6.45, 7) is 17.1. The lowest BCUT2D eigenvalue weighted by molar-refractivity contribution is -0.138. The van der Waals surface area contributed by atoms with Crippen molar-refractivity contribution in [2.75, 3.05) is 26.2 Å². The van der Waals surface area contributed by atoms with Crippen LogP contribution in [-0.2, 0) is 28.5 Å².